The van der Waals surface area contributed by atoms with Gasteiger partial charge in [-0.1, -0.05) is 23.7 Å². The zero-order chi connectivity index (χ0) is 17.8. The lowest BCUT2D eigenvalue weighted by atomic mass is 10.1. The van der Waals surface area contributed by atoms with Crippen LogP contribution in [0.4, 0.5) is 5.95 Å². The minimum absolute atomic E-state index is 0.499. The van der Waals surface area contributed by atoms with Crippen LogP contribution in [0.2, 0.25) is 5.02 Å². The van der Waals surface area contributed by atoms with E-state index in [1.807, 2.05) is 36.4 Å². The van der Waals surface area contributed by atoms with Crippen molar-refractivity contribution in [2.45, 2.75) is 6.54 Å². The van der Waals surface area contributed by atoms with E-state index in [0.29, 0.717) is 34.7 Å². The number of halogens is 1. The lowest BCUT2D eigenvalue weighted by Gasteiger charge is -2.09. The Balaban J connectivity index is 1.65. The van der Waals surface area contributed by atoms with E-state index in [-0.39, 0.29) is 0 Å². The van der Waals surface area contributed by atoms with Gasteiger partial charge in [-0.05, 0) is 29.8 Å². The van der Waals surface area contributed by atoms with E-state index in [1.165, 1.54) is 0 Å². The molecule has 1 N–H and O–H groups in total. The van der Waals surface area contributed by atoms with Gasteiger partial charge in [0.25, 0.3) is 0 Å². The summed E-state index contributed by atoms with van der Waals surface area (Å²) in [6, 6.07) is 11.3. The summed E-state index contributed by atoms with van der Waals surface area (Å²) < 4.78 is 5.53. The maximum atomic E-state index is 5.92. The Labute approximate surface area is 154 Å². The van der Waals surface area contributed by atoms with Crippen LogP contribution in [0, 0.1) is 0 Å². The monoisotopic (exact) mass is 363 g/mol. The Hall–Kier alpha value is -3.25. The van der Waals surface area contributed by atoms with Gasteiger partial charge in [0.2, 0.25) is 5.95 Å². The van der Waals surface area contributed by atoms with E-state index in [9.17, 15) is 0 Å². The number of hydrogen-bond acceptors (Lipinski definition) is 6. The second kappa shape index (κ2) is 7.33. The van der Waals surface area contributed by atoms with Crippen molar-refractivity contribution in [1.29, 1.82) is 0 Å². The summed E-state index contributed by atoms with van der Waals surface area (Å²) in [5.41, 5.74) is 3.17. The molecule has 0 aliphatic rings. The molecule has 0 radical (unpaired) electrons. The van der Waals surface area contributed by atoms with Gasteiger partial charge in [-0.3, -0.25) is 9.97 Å². The molecular weight excluding hydrogens is 350 g/mol. The second-order valence-corrected chi connectivity index (χ2v) is 5.94. The van der Waals surface area contributed by atoms with Crippen LogP contribution in [0.5, 0.6) is 0 Å². The van der Waals surface area contributed by atoms with Crippen molar-refractivity contribution in [2.24, 2.45) is 0 Å². The molecule has 0 fully saturated rings. The highest BCUT2D eigenvalue weighted by Gasteiger charge is 2.14. The molecule has 4 aromatic rings. The number of anilines is 1. The molecule has 3 aromatic heterocycles. The molecule has 0 aliphatic carbocycles. The maximum Gasteiger partial charge on any atom is 0.223 e. The van der Waals surface area contributed by atoms with Gasteiger partial charge in [-0.15, -0.1) is 0 Å². The van der Waals surface area contributed by atoms with Gasteiger partial charge in [0, 0.05) is 35.7 Å². The molecule has 0 saturated carbocycles. The Morgan fingerprint density at radius 1 is 1.00 bits per heavy atom. The highest BCUT2D eigenvalue weighted by Crippen LogP contribution is 2.29. The van der Waals surface area contributed by atoms with Crippen LogP contribution in [0.15, 0.2) is 71.9 Å². The van der Waals surface area contributed by atoms with E-state index in [1.54, 1.807) is 31.1 Å². The summed E-state index contributed by atoms with van der Waals surface area (Å²) in [5.74, 6) is 1.14. The lowest BCUT2D eigenvalue weighted by Crippen LogP contribution is -2.05. The van der Waals surface area contributed by atoms with Crippen LogP contribution in [0.1, 0.15) is 5.56 Å². The van der Waals surface area contributed by atoms with Crippen LogP contribution < -0.4 is 5.32 Å². The zero-order valence-electron chi connectivity index (χ0n) is 13.6. The molecule has 0 amide bonds. The van der Waals surface area contributed by atoms with Gasteiger partial charge in [0.1, 0.15) is 5.69 Å². The molecule has 0 unspecified atom stereocenters. The van der Waals surface area contributed by atoms with E-state index >= 15 is 0 Å². The van der Waals surface area contributed by atoms with Crippen LogP contribution in [-0.2, 0) is 6.54 Å². The van der Waals surface area contributed by atoms with Gasteiger partial charge < -0.3 is 9.73 Å². The fourth-order valence-corrected chi connectivity index (χ4v) is 2.60. The molecule has 6 nitrogen and oxygen atoms in total. The van der Waals surface area contributed by atoms with Gasteiger partial charge in [0.05, 0.1) is 18.2 Å². The van der Waals surface area contributed by atoms with Crippen molar-refractivity contribution >= 4 is 17.5 Å². The maximum absolute atomic E-state index is 5.92. The average molecular weight is 364 g/mol. The van der Waals surface area contributed by atoms with Crippen LogP contribution in [0.25, 0.3) is 22.7 Å². The quantitative estimate of drug-likeness (QED) is 0.564. The van der Waals surface area contributed by atoms with Gasteiger partial charge >= 0.3 is 0 Å². The fraction of sp³-hybridized carbons (Fsp3) is 0.0526. The number of hydrogen-bond donors (Lipinski definition) is 1. The molecule has 4 rings (SSSR count). The van der Waals surface area contributed by atoms with Gasteiger partial charge in [0.15, 0.2) is 5.76 Å². The minimum atomic E-state index is 0.499. The molecule has 128 valence electrons. The van der Waals surface area contributed by atoms with Gasteiger partial charge in [-0.25, -0.2) is 9.97 Å². The van der Waals surface area contributed by atoms with Crippen LogP contribution in [0.3, 0.4) is 0 Å². The summed E-state index contributed by atoms with van der Waals surface area (Å²) in [6.07, 6.45) is 8.26. The Morgan fingerprint density at radius 2 is 1.88 bits per heavy atom. The molecule has 0 spiro atoms. The topological polar surface area (TPSA) is 76.7 Å². The number of aromatic nitrogens is 4. The smallest absolute Gasteiger partial charge is 0.223 e. The number of nitrogens with one attached hydrogen (secondary N) is 1. The van der Waals surface area contributed by atoms with E-state index in [4.69, 9.17) is 16.0 Å². The molecule has 0 saturated heterocycles. The molecular formula is C19H14ClN5O. The summed E-state index contributed by atoms with van der Waals surface area (Å²) in [7, 11) is 0. The highest BCUT2D eigenvalue weighted by atomic mass is 35.5. The molecule has 1 aromatic carbocycles. The molecule has 0 atom stereocenters. The molecule has 0 aliphatic heterocycles. The van der Waals surface area contributed by atoms with Crippen LogP contribution >= 0.6 is 11.6 Å². The van der Waals surface area contributed by atoms with Crippen LogP contribution in [-0.4, -0.2) is 19.9 Å². The number of furan rings is 1. The third kappa shape index (κ3) is 3.55. The first-order chi connectivity index (χ1) is 12.8. The lowest BCUT2D eigenvalue weighted by molar-refractivity contribution is 0.580. The molecule has 0 bridgehead atoms. The fourth-order valence-electron chi connectivity index (χ4n) is 2.48. The first-order valence-corrected chi connectivity index (χ1v) is 8.33. The van der Waals surface area contributed by atoms with Crippen molar-refractivity contribution in [2.75, 3.05) is 5.32 Å². The summed E-state index contributed by atoms with van der Waals surface area (Å²) >= 11 is 5.92. The number of nitrogens with zero attached hydrogens (tertiary/aromatic N) is 4. The molecule has 7 heteroatoms. The number of rotatable bonds is 5. The predicted molar refractivity (Wildman–Crippen MR) is 99.5 cm³/mol. The average Bonchev–Trinajstić information content (AvgIpc) is 3.23. The van der Waals surface area contributed by atoms with Crippen molar-refractivity contribution in [1.82, 2.24) is 19.9 Å². The largest absolute Gasteiger partial charge is 0.463 e. The first-order valence-electron chi connectivity index (χ1n) is 7.95. The van der Waals surface area contributed by atoms with E-state index in [0.717, 1.165) is 11.1 Å². The summed E-state index contributed by atoms with van der Waals surface area (Å²) in [6.45, 7) is 0.583. The van der Waals surface area contributed by atoms with Gasteiger partial charge in [-0.2, -0.15) is 0 Å². The summed E-state index contributed by atoms with van der Waals surface area (Å²) in [5, 5.41) is 3.93. The van der Waals surface area contributed by atoms with Crippen molar-refractivity contribution < 1.29 is 4.42 Å². The predicted octanol–water partition coefficient (Wildman–Crippen LogP) is 4.46. The molecule has 26 heavy (non-hydrogen) atoms. The second-order valence-electron chi connectivity index (χ2n) is 5.50. The summed E-state index contributed by atoms with van der Waals surface area (Å²) in [4.78, 5) is 17.5. The minimum Gasteiger partial charge on any atom is -0.463 e. The Bertz CT molecular complexity index is 988. The van der Waals surface area contributed by atoms with Crippen molar-refractivity contribution in [3.63, 3.8) is 0 Å². The van der Waals surface area contributed by atoms with Crippen molar-refractivity contribution in [3.8, 4) is 22.7 Å². The third-order valence-electron chi connectivity index (χ3n) is 3.75. The molecule has 3 heterocycles. The third-order valence-corrected chi connectivity index (χ3v) is 4.00. The van der Waals surface area contributed by atoms with E-state index in [2.05, 4.69) is 25.3 Å². The zero-order valence-corrected chi connectivity index (χ0v) is 14.4. The van der Waals surface area contributed by atoms with E-state index < -0.39 is 0 Å². The normalized spacial score (nSPS) is 10.7. The van der Waals surface area contributed by atoms with Crippen molar-refractivity contribution in [3.05, 3.63) is 78.0 Å². The SMILES string of the molecule is Clc1ccc(CNc2ncc(-c3cnccn3)c(-c3ccco3)n2)cc1. The Morgan fingerprint density at radius 3 is 2.62 bits per heavy atom. The highest BCUT2D eigenvalue weighted by molar-refractivity contribution is 6.30. The first kappa shape index (κ1) is 16.2. The Kier molecular flexibility index (Phi) is 4.57. The number of benzene rings is 1. The standard InChI is InChI=1S/C19H14ClN5O/c20-14-5-3-13(4-6-14)10-23-19-24-11-15(16-12-21-7-8-22-16)18(25-19)17-2-1-9-26-17/h1-9,11-12H,10H2,(H,23,24,25).